The lowest BCUT2D eigenvalue weighted by atomic mass is 10.1. The summed E-state index contributed by atoms with van der Waals surface area (Å²) < 4.78 is 10.8. The third-order valence-corrected chi connectivity index (χ3v) is 3.03. The van der Waals surface area contributed by atoms with E-state index < -0.39 is 0 Å². The van der Waals surface area contributed by atoms with Crippen molar-refractivity contribution in [1.82, 2.24) is 5.16 Å². The lowest BCUT2D eigenvalue weighted by molar-refractivity contribution is 0.306. The van der Waals surface area contributed by atoms with E-state index in [0.717, 1.165) is 28.3 Å². The van der Waals surface area contributed by atoms with Crippen LogP contribution in [0.4, 0.5) is 0 Å². The summed E-state index contributed by atoms with van der Waals surface area (Å²) in [6, 6.07) is 19.9. The van der Waals surface area contributed by atoms with Crippen LogP contribution < -0.4 is 4.74 Å². The third-order valence-electron chi connectivity index (χ3n) is 3.03. The zero-order chi connectivity index (χ0) is 13.8. The number of benzene rings is 2. The average molecular weight is 265 g/mol. The lowest BCUT2D eigenvalue weighted by Gasteiger charge is -2.06. The van der Waals surface area contributed by atoms with Crippen molar-refractivity contribution in [2.24, 2.45) is 0 Å². The monoisotopic (exact) mass is 265 g/mol. The number of rotatable bonds is 4. The van der Waals surface area contributed by atoms with Crippen LogP contribution in [0.15, 0.2) is 65.2 Å². The number of hydrogen-bond donors (Lipinski definition) is 0. The molecular formula is C17H15NO2. The zero-order valence-electron chi connectivity index (χ0n) is 11.2. The van der Waals surface area contributed by atoms with E-state index in [4.69, 9.17) is 9.26 Å². The van der Waals surface area contributed by atoms with E-state index in [9.17, 15) is 0 Å². The number of aromatic nitrogens is 1. The minimum atomic E-state index is 0.573. The molecule has 0 saturated heterocycles. The molecule has 3 heteroatoms. The van der Waals surface area contributed by atoms with E-state index in [-0.39, 0.29) is 0 Å². The van der Waals surface area contributed by atoms with Crippen molar-refractivity contribution in [3.63, 3.8) is 0 Å². The van der Waals surface area contributed by atoms with E-state index >= 15 is 0 Å². The molecule has 0 atom stereocenters. The SMILES string of the molecule is Cc1cc(-c2ccc(OCc3ccccc3)cc2)no1. The highest BCUT2D eigenvalue weighted by Crippen LogP contribution is 2.22. The van der Waals surface area contributed by atoms with Crippen molar-refractivity contribution < 1.29 is 9.26 Å². The molecule has 3 rings (SSSR count). The van der Waals surface area contributed by atoms with Crippen LogP contribution in [0.1, 0.15) is 11.3 Å². The van der Waals surface area contributed by atoms with E-state index in [1.165, 1.54) is 0 Å². The summed E-state index contributed by atoms with van der Waals surface area (Å²) >= 11 is 0. The first kappa shape index (κ1) is 12.5. The molecule has 1 heterocycles. The standard InChI is InChI=1S/C17H15NO2/c1-13-11-17(18-20-13)15-7-9-16(10-8-15)19-12-14-5-3-2-4-6-14/h2-11H,12H2,1H3. The highest BCUT2D eigenvalue weighted by molar-refractivity contribution is 5.59. The Hall–Kier alpha value is -2.55. The maximum atomic E-state index is 5.74. The Morgan fingerprint density at radius 3 is 2.40 bits per heavy atom. The van der Waals surface area contributed by atoms with E-state index in [1.807, 2.05) is 67.6 Å². The van der Waals surface area contributed by atoms with Gasteiger partial charge in [-0.05, 0) is 36.8 Å². The zero-order valence-corrected chi connectivity index (χ0v) is 11.2. The van der Waals surface area contributed by atoms with Gasteiger partial charge in [0.05, 0.1) is 0 Å². The van der Waals surface area contributed by atoms with Crippen molar-refractivity contribution >= 4 is 0 Å². The number of aryl methyl sites for hydroxylation is 1. The summed E-state index contributed by atoms with van der Waals surface area (Å²) in [5, 5.41) is 3.99. The van der Waals surface area contributed by atoms with Crippen LogP contribution in [0.25, 0.3) is 11.3 Å². The highest BCUT2D eigenvalue weighted by atomic mass is 16.5. The van der Waals surface area contributed by atoms with Gasteiger partial charge in [-0.25, -0.2) is 0 Å². The Labute approximate surface area is 117 Å². The molecule has 3 nitrogen and oxygen atoms in total. The normalized spacial score (nSPS) is 10.4. The molecule has 20 heavy (non-hydrogen) atoms. The molecule has 0 spiro atoms. The van der Waals surface area contributed by atoms with Crippen LogP contribution in [0, 0.1) is 6.92 Å². The fourth-order valence-corrected chi connectivity index (χ4v) is 1.97. The second-order valence-electron chi connectivity index (χ2n) is 4.62. The van der Waals surface area contributed by atoms with Crippen LogP contribution in [0.5, 0.6) is 5.75 Å². The van der Waals surface area contributed by atoms with Gasteiger partial charge in [-0.3, -0.25) is 0 Å². The van der Waals surface area contributed by atoms with Gasteiger partial charge >= 0.3 is 0 Å². The van der Waals surface area contributed by atoms with Gasteiger partial charge in [0, 0.05) is 11.6 Å². The van der Waals surface area contributed by atoms with Gasteiger partial charge in [0.25, 0.3) is 0 Å². The molecule has 2 aromatic carbocycles. The molecule has 0 unspecified atom stereocenters. The van der Waals surface area contributed by atoms with Gasteiger partial charge in [0.2, 0.25) is 0 Å². The van der Waals surface area contributed by atoms with Gasteiger partial charge in [-0.15, -0.1) is 0 Å². The highest BCUT2D eigenvalue weighted by Gasteiger charge is 2.04. The summed E-state index contributed by atoms with van der Waals surface area (Å²) in [6.45, 7) is 2.46. The topological polar surface area (TPSA) is 35.3 Å². The molecule has 0 radical (unpaired) electrons. The Morgan fingerprint density at radius 1 is 1.00 bits per heavy atom. The fraction of sp³-hybridized carbons (Fsp3) is 0.118. The maximum absolute atomic E-state index is 5.74. The van der Waals surface area contributed by atoms with Gasteiger partial charge in [-0.2, -0.15) is 0 Å². The predicted molar refractivity (Wildman–Crippen MR) is 77.5 cm³/mol. The molecule has 0 aliphatic heterocycles. The predicted octanol–water partition coefficient (Wildman–Crippen LogP) is 4.23. The number of ether oxygens (including phenoxy) is 1. The Morgan fingerprint density at radius 2 is 1.75 bits per heavy atom. The first-order valence-corrected chi connectivity index (χ1v) is 6.52. The second kappa shape index (κ2) is 5.61. The Bertz CT molecular complexity index is 672. The first-order chi connectivity index (χ1) is 9.81. The van der Waals surface area contributed by atoms with Crippen LogP contribution in [0.3, 0.4) is 0 Å². The van der Waals surface area contributed by atoms with Gasteiger partial charge in [-0.1, -0.05) is 35.5 Å². The lowest BCUT2D eigenvalue weighted by Crippen LogP contribution is -1.94. The molecule has 3 aromatic rings. The fourth-order valence-electron chi connectivity index (χ4n) is 1.97. The van der Waals surface area contributed by atoms with E-state index in [1.54, 1.807) is 0 Å². The third kappa shape index (κ3) is 2.88. The second-order valence-corrected chi connectivity index (χ2v) is 4.62. The molecule has 0 fully saturated rings. The average Bonchev–Trinajstić information content (AvgIpc) is 2.93. The quantitative estimate of drug-likeness (QED) is 0.708. The number of nitrogens with zero attached hydrogens (tertiary/aromatic N) is 1. The Kier molecular flexibility index (Phi) is 3.50. The Balaban J connectivity index is 1.67. The van der Waals surface area contributed by atoms with Crippen molar-refractivity contribution in [3.8, 4) is 17.0 Å². The summed E-state index contributed by atoms with van der Waals surface area (Å²) in [4.78, 5) is 0. The molecule has 0 aliphatic rings. The minimum absolute atomic E-state index is 0.573. The van der Waals surface area contributed by atoms with Crippen LogP contribution in [-0.2, 0) is 6.61 Å². The van der Waals surface area contributed by atoms with Gasteiger partial charge in [0.15, 0.2) is 0 Å². The molecule has 0 amide bonds. The van der Waals surface area contributed by atoms with Crippen LogP contribution >= 0.6 is 0 Å². The smallest absolute Gasteiger partial charge is 0.134 e. The molecule has 1 aromatic heterocycles. The first-order valence-electron chi connectivity index (χ1n) is 6.52. The summed E-state index contributed by atoms with van der Waals surface area (Å²) in [5.74, 6) is 1.65. The van der Waals surface area contributed by atoms with Crippen LogP contribution in [0.2, 0.25) is 0 Å². The van der Waals surface area contributed by atoms with E-state index in [2.05, 4.69) is 5.16 Å². The molecule has 0 N–H and O–H groups in total. The number of hydrogen-bond acceptors (Lipinski definition) is 3. The van der Waals surface area contributed by atoms with Crippen LogP contribution in [-0.4, -0.2) is 5.16 Å². The largest absolute Gasteiger partial charge is 0.489 e. The van der Waals surface area contributed by atoms with Crippen molar-refractivity contribution in [2.45, 2.75) is 13.5 Å². The van der Waals surface area contributed by atoms with Gasteiger partial charge in [0.1, 0.15) is 23.8 Å². The summed E-state index contributed by atoms with van der Waals surface area (Å²) in [6.07, 6.45) is 0. The molecule has 100 valence electrons. The van der Waals surface area contributed by atoms with Crippen molar-refractivity contribution in [1.29, 1.82) is 0 Å². The molecule has 0 saturated carbocycles. The van der Waals surface area contributed by atoms with Crippen molar-refractivity contribution in [3.05, 3.63) is 72.0 Å². The summed E-state index contributed by atoms with van der Waals surface area (Å²) in [7, 11) is 0. The molecule has 0 aliphatic carbocycles. The van der Waals surface area contributed by atoms with Gasteiger partial charge < -0.3 is 9.26 Å². The maximum Gasteiger partial charge on any atom is 0.134 e. The van der Waals surface area contributed by atoms with Crippen molar-refractivity contribution in [2.75, 3.05) is 0 Å². The molecule has 0 bridgehead atoms. The van der Waals surface area contributed by atoms with E-state index in [0.29, 0.717) is 6.61 Å². The minimum Gasteiger partial charge on any atom is -0.489 e. The summed E-state index contributed by atoms with van der Waals surface area (Å²) in [5.41, 5.74) is 3.02. The molecular weight excluding hydrogens is 250 g/mol.